The molecule has 1 aromatic carbocycles. The monoisotopic (exact) mass is 310 g/mol. The lowest BCUT2D eigenvalue weighted by atomic mass is 10.1. The number of hydrogen-bond donors (Lipinski definition) is 1. The molecule has 0 radical (unpaired) electrons. The molecule has 1 aliphatic rings. The van der Waals surface area contributed by atoms with Crippen molar-refractivity contribution in [2.24, 2.45) is 5.92 Å². The summed E-state index contributed by atoms with van der Waals surface area (Å²) in [6, 6.07) is 6.41. The number of methoxy groups -OCH3 is 1. The third-order valence-electron chi connectivity index (χ3n) is 3.90. The molecule has 1 saturated heterocycles. The van der Waals surface area contributed by atoms with E-state index in [0.717, 1.165) is 36.8 Å². The molecule has 0 amide bonds. The van der Waals surface area contributed by atoms with Gasteiger partial charge in [0.15, 0.2) is 0 Å². The summed E-state index contributed by atoms with van der Waals surface area (Å²) in [5.74, 6) is 0.635. The molecule has 1 heterocycles. The van der Waals surface area contributed by atoms with Gasteiger partial charge in [-0.1, -0.05) is 17.7 Å². The van der Waals surface area contributed by atoms with Crippen molar-refractivity contribution < 1.29 is 4.74 Å². The van der Waals surface area contributed by atoms with Crippen LogP contribution >= 0.6 is 11.6 Å². The quantitative estimate of drug-likeness (QED) is 0.897. The second-order valence-electron chi connectivity index (χ2n) is 6.94. The van der Waals surface area contributed by atoms with E-state index >= 15 is 0 Å². The van der Waals surface area contributed by atoms with E-state index in [1.165, 1.54) is 12.1 Å². The first-order valence-corrected chi connectivity index (χ1v) is 8.04. The molecule has 0 saturated carbocycles. The van der Waals surface area contributed by atoms with Crippen molar-refractivity contribution in [2.45, 2.75) is 39.3 Å². The van der Waals surface area contributed by atoms with Gasteiger partial charge >= 0.3 is 0 Å². The number of hydrogen-bond acceptors (Lipinski definition) is 3. The lowest BCUT2D eigenvalue weighted by Gasteiger charge is -2.22. The minimum absolute atomic E-state index is 0.102. The number of anilines is 1. The summed E-state index contributed by atoms with van der Waals surface area (Å²) in [4.78, 5) is 2.40. The van der Waals surface area contributed by atoms with Gasteiger partial charge in [-0.2, -0.15) is 0 Å². The molecule has 1 unspecified atom stereocenters. The normalized spacial score (nSPS) is 19.3. The first-order chi connectivity index (χ1) is 9.89. The fourth-order valence-corrected chi connectivity index (χ4v) is 2.92. The second-order valence-corrected chi connectivity index (χ2v) is 7.34. The summed E-state index contributed by atoms with van der Waals surface area (Å²) in [6.07, 6.45) is 1.19. The summed E-state index contributed by atoms with van der Waals surface area (Å²) < 4.78 is 5.26. The van der Waals surface area contributed by atoms with Gasteiger partial charge in [0, 0.05) is 48.9 Å². The largest absolute Gasteiger partial charge is 0.384 e. The summed E-state index contributed by atoms with van der Waals surface area (Å²) in [6.45, 7) is 10.3. The van der Waals surface area contributed by atoms with E-state index in [1.807, 2.05) is 0 Å². The van der Waals surface area contributed by atoms with E-state index in [0.29, 0.717) is 5.92 Å². The van der Waals surface area contributed by atoms with Crippen molar-refractivity contribution in [2.75, 3.05) is 31.7 Å². The average molecular weight is 311 g/mol. The number of nitrogens with zero attached hydrogens (tertiary/aromatic N) is 1. The Morgan fingerprint density at radius 2 is 2.14 bits per heavy atom. The number of nitrogens with one attached hydrogen (secondary N) is 1. The third-order valence-corrected chi connectivity index (χ3v) is 4.25. The highest BCUT2D eigenvalue weighted by Crippen LogP contribution is 2.28. The Labute approximate surface area is 133 Å². The van der Waals surface area contributed by atoms with Crippen molar-refractivity contribution in [3.8, 4) is 0 Å². The van der Waals surface area contributed by atoms with Crippen LogP contribution in [0.5, 0.6) is 0 Å². The van der Waals surface area contributed by atoms with Gasteiger partial charge in [-0.3, -0.25) is 0 Å². The van der Waals surface area contributed by atoms with Crippen LogP contribution in [0.1, 0.15) is 32.8 Å². The molecule has 0 bridgehead atoms. The van der Waals surface area contributed by atoms with Gasteiger partial charge in [-0.25, -0.2) is 0 Å². The van der Waals surface area contributed by atoms with Gasteiger partial charge in [0.25, 0.3) is 0 Å². The fraction of sp³-hybridized carbons (Fsp3) is 0.647. The number of benzene rings is 1. The SMILES string of the molecule is COCC1CCN(c2ccc(CNC(C)(C)C)c(Cl)c2)C1. The minimum Gasteiger partial charge on any atom is -0.384 e. The number of rotatable bonds is 5. The topological polar surface area (TPSA) is 24.5 Å². The molecule has 3 nitrogen and oxygen atoms in total. The molecule has 0 aromatic heterocycles. The van der Waals surface area contributed by atoms with Crippen molar-refractivity contribution in [3.63, 3.8) is 0 Å². The summed E-state index contributed by atoms with van der Waals surface area (Å²) in [5, 5.41) is 4.32. The molecule has 1 aliphatic heterocycles. The fourth-order valence-electron chi connectivity index (χ4n) is 2.68. The van der Waals surface area contributed by atoms with Crippen LogP contribution in [0.15, 0.2) is 18.2 Å². The van der Waals surface area contributed by atoms with Crippen LogP contribution in [0.25, 0.3) is 0 Å². The second kappa shape index (κ2) is 6.99. The molecule has 1 atom stereocenters. The molecule has 118 valence electrons. The summed E-state index contributed by atoms with van der Waals surface area (Å²) >= 11 is 6.44. The van der Waals surface area contributed by atoms with Crippen LogP contribution in [0.4, 0.5) is 5.69 Å². The Balaban J connectivity index is 1.99. The maximum absolute atomic E-state index is 6.44. The molecule has 4 heteroatoms. The van der Waals surface area contributed by atoms with E-state index in [9.17, 15) is 0 Å². The molecule has 1 aromatic rings. The molecule has 1 N–H and O–H groups in total. The van der Waals surface area contributed by atoms with Gasteiger partial charge in [-0.15, -0.1) is 0 Å². The van der Waals surface area contributed by atoms with Crippen LogP contribution in [-0.2, 0) is 11.3 Å². The Hall–Kier alpha value is -0.770. The van der Waals surface area contributed by atoms with E-state index in [-0.39, 0.29) is 5.54 Å². The van der Waals surface area contributed by atoms with Gasteiger partial charge in [0.2, 0.25) is 0 Å². The zero-order valence-corrected chi connectivity index (χ0v) is 14.3. The number of ether oxygens (including phenoxy) is 1. The minimum atomic E-state index is 0.102. The Morgan fingerprint density at radius 3 is 2.76 bits per heavy atom. The van der Waals surface area contributed by atoms with Gasteiger partial charge in [0.05, 0.1) is 6.61 Å². The van der Waals surface area contributed by atoms with Crippen LogP contribution in [-0.4, -0.2) is 32.3 Å². The lowest BCUT2D eigenvalue weighted by Crippen LogP contribution is -2.35. The molecule has 2 rings (SSSR count). The highest BCUT2D eigenvalue weighted by Gasteiger charge is 2.23. The van der Waals surface area contributed by atoms with Gasteiger partial charge in [-0.05, 0) is 44.9 Å². The van der Waals surface area contributed by atoms with E-state index in [4.69, 9.17) is 16.3 Å². The zero-order valence-electron chi connectivity index (χ0n) is 13.6. The van der Waals surface area contributed by atoms with E-state index < -0.39 is 0 Å². The zero-order chi connectivity index (χ0) is 15.5. The molecular weight excluding hydrogens is 284 g/mol. The summed E-state index contributed by atoms with van der Waals surface area (Å²) in [7, 11) is 1.77. The Kier molecular flexibility index (Phi) is 5.53. The van der Waals surface area contributed by atoms with Gasteiger partial charge < -0.3 is 15.0 Å². The third kappa shape index (κ3) is 4.87. The first kappa shape index (κ1) is 16.6. The first-order valence-electron chi connectivity index (χ1n) is 7.66. The van der Waals surface area contributed by atoms with E-state index in [1.54, 1.807) is 7.11 Å². The van der Waals surface area contributed by atoms with Crippen LogP contribution < -0.4 is 10.2 Å². The van der Waals surface area contributed by atoms with E-state index in [2.05, 4.69) is 49.2 Å². The smallest absolute Gasteiger partial charge is 0.0508 e. The van der Waals surface area contributed by atoms with Crippen molar-refractivity contribution in [3.05, 3.63) is 28.8 Å². The Bertz CT molecular complexity index is 470. The summed E-state index contributed by atoms with van der Waals surface area (Å²) in [5.41, 5.74) is 2.48. The number of halogens is 1. The molecule has 21 heavy (non-hydrogen) atoms. The van der Waals surface area contributed by atoms with Gasteiger partial charge in [0.1, 0.15) is 0 Å². The lowest BCUT2D eigenvalue weighted by molar-refractivity contribution is 0.161. The van der Waals surface area contributed by atoms with Crippen molar-refractivity contribution >= 4 is 17.3 Å². The van der Waals surface area contributed by atoms with Crippen LogP contribution in [0.2, 0.25) is 5.02 Å². The maximum Gasteiger partial charge on any atom is 0.0508 e. The predicted octanol–water partition coefficient (Wildman–Crippen LogP) is 3.70. The highest BCUT2D eigenvalue weighted by atomic mass is 35.5. The predicted molar refractivity (Wildman–Crippen MR) is 90.2 cm³/mol. The Morgan fingerprint density at radius 1 is 1.38 bits per heavy atom. The van der Waals surface area contributed by atoms with Crippen LogP contribution in [0, 0.1) is 5.92 Å². The molecular formula is C17H27ClN2O. The van der Waals surface area contributed by atoms with Crippen molar-refractivity contribution in [1.82, 2.24) is 5.32 Å². The maximum atomic E-state index is 6.44. The highest BCUT2D eigenvalue weighted by molar-refractivity contribution is 6.31. The molecule has 0 spiro atoms. The molecule has 1 fully saturated rings. The standard InChI is InChI=1S/C17H27ClN2O/c1-17(2,3)19-10-14-5-6-15(9-16(14)18)20-8-7-13(11-20)12-21-4/h5-6,9,13,19H,7-8,10-12H2,1-4H3. The van der Waals surface area contributed by atoms with Crippen LogP contribution in [0.3, 0.4) is 0 Å². The molecule has 0 aliphatic carbocycles. The van der Waals surface area contributed by atoms with Crippen molar-refractivity contribution in [1.29, 1.82) is 0 Å². The average Bonchev–Trinajstić information content (AvgIpc) is 2.85.